The van der Waals surface area contributed by atoms with Crippen LogP contribution in [0.3, 0.4) is 0 Å². The lowest BCUT2D eigenvalue weighted by molar-refractivity contribution is -0.131. The summed E-state index contributed by atoms with van der Waals surface area (Å²) in [6, 6.07) is 21.2. The molecule has 0 bridgehead atoms. The summed E-state index contributed by atoms with van der Waals surface area (Å²) in [5, 5.41) is 5.23. The average Bonchev–Trinajstić information content (AvgIpc) is 2.67. The third-order valence-electron chi connectivity index (χ3n) is 4.83. The smallest absolute Gasteiger partial charge is 0.339 e. The second-order valence-corrected chi connectivity index (χ2v) is 6.55. The Morgan fingerprint density at radius 1 is 1.04 bits per heavy atom. The molecule has 0 radical (unpaired) electrons. The van der Waals surface area contributed by atoms with Crippen LogP contribution in [0.2, 0.25) is 0 Å². The number of carbonyl (C=O) groups is 2. The van der Waals surface area contributed by atoms with Crippen LogP contribution in [0.25, 0.3) is 10.8 Å². The van der Waals surface area contributed by atoms with Gasteiger partial charge >= 0.3 is 5.97 Å². The molecule has 0 aromatic heterocycles. The van der Waals surface area contributed by atoms with Gasteiger partial charge in [-0.05, 0) is 34.9 Å². The van der Waals surface area contributed by atoms with Crippen LogP contribution >= 0.6 is 0 Å². The molecule has 2 unspecified atom stereocenters. The minimum absolute atomic E-state index is 0.190. The first-order chi connectivity index (χ1) is 12.6. The Morgan fingerprint density at radius 3 is 2.65 bits per heavy atom. The molecule has 1 aliphatic heterocycles. The van der Waals surface area contributed by atoms with E-state index in [0.717, 1.165) is 21.9 Å². The molecule has 0 saturated carbocycles. The molecule has 0 fully saturated rings. The standard InChI is InChI=1S/C22H19NO3/c1-14(17-12-6-9-15-7-2-4-10-18(15)17)23-21(24)20-13-16-8-3-5-11-19(16)22(25)26-20/h2-12,14,20H,13H2,1H3,(H,23,24). The van der Waals surface area contributed by atoms with Crippen LogP contribution in [-0.2, 0) is 16.0 Å². The van der Waals surface area contributed by atoms with Crippen molar-refractivity contribution < 1.29 is 14.3 Å². The number of rotatable bonds is 3. The molecule has 3 aromatic carbocycles. The Balaban J connectivity index is 1.54. The number of amides is 1. The Labute approximate surface area is 151 Å². The quantitative estimate of drug-likeness (QED) is 0.735. The third-order valence-corrected chi connectivity index (χ3v) is 4.83. The van der Waals surface area contributed by atoms with Gasteiger partial charge < -0.3 is 10.1 Å². The van der Waals surface area contributed by atoms with E-state index in [-0.39, 0.29) is 11.9 Å². The van der Waals surface area contributed by atoms with Crippen molar-refractivity contribution in [1.82, 2.24) is 5.32 Å². The number of hydrogen-bond acceptors (Lipinski definition) is 3. The second-order valence-electron chi connectivity index (χ2n) is 6.55. The lowest BCUT2D eigenvalue weighted by Crippen LogP contribution is -2.42. The van der Waals surface area contributed by atoms with Crippen molar-refractivity contribution in [3.8, 4) is 0 Å². The summed E-state index contributed by atoms with van der Waals surface area (Å²) in [7, 11) is 0. The second kappa shape index (κ2) is 6.64. The zero-order valence-corrected chi connectivity index (χ0v) is 14.4. The van der Waals surface area contributed by atoms with Gasteiger partial charge in [0.2, 0.25) is 0 Å². The average molecular weight is 345 g/mol. The summed E-state index contributed by atoms with van der Waals surface area (Å²) < 4.78 is 5.35. The van der Waals surface area contributed by atoms with Gasteiger partial charge in [-0.1, -0.05) is 60.7 Å². The molecule has 26 heavy (non-hydrogen) atoms. The summed E-state index contributed by atoms with van der Waals surface area (Å²) in [6.45, 7) is 1.94. The Kier molecular flexibility index (Phi) is 4.17. The van der Waals surface area contributed by atoms with E-state index < -0.39 is 12.1 Å². The number of nitrogens with one attached hydrogen (secondary N) is 1. The molecule has 0 saturated heterocycles. The molecule has 1 aliphatic rings. The number of carbonyl (C=O) groups excluding carboxylic acids is 2. The van der Waals surface area contributed by atoms with E-state index >= 15 is 0 Å². The van der Waals surface area contributed by atoms with Crippen molar-refractivity contribution in [3.05, 3.63) is 83.4 Å². The lowest BCUT2D eigenvalue weighted by Gasteiger charge is -2.25. The summed E-state index contributed by atoms with van der Waals surface area (Å²) in [6.07, 6.45) is -0.398. The van der Waals surface area contributed by atoms with Gasteiger partial charge in [0, 0.05) is 6.42 Å². The van der Waals surface area contributed by atoms with Gasteiger partial charge in [0.25, 0.3) is 5.91 Å². The van der Waals surface area contributed by atoms with E-state index in [4.69, 9.17) is 4.74 Å². The number of benzene rings is 3. The maximum atomic E-state index is 12.7. The van der Waals surface area contributed by atoms with Crippen LogP contribution in [0.1, 0.15) is 34.5 Å². The van der Waals surface area contributed by atoms with Crippen LogP contribution in [0.4, 0.5) is 0 Å². The highest BCUT2D eigenvalue weighted by Crippen LogP contribution is 2.25. The normalized spacial score (nSPS) is 17.3. The van der Waals surface area contributed by atoms with E-state index in [1.807, 2.05) is 61.5 Å². The van der Waals surface area contributed by atoms with Crippen LogP contribution < -0.4 is 5.32 Å². The molecule has 3 aromatic rings. The van der Waals surface area contributed by atoms with Gasteiger partial charge in [-0.25, -0.2) is 4.79 Å². The van der Waals surface area contributed by atoms with Crippen LogP contribution in [0.5, 0.6) is 0 Å². The fourth-order valence-corrected chi connectivity index (χ4v) is 3.49. The maximum absolute atomic E-state index is 12.7. The van der Waals surface area contributed by atoms with Gasteiger partial charge in [0.15, 0.2) is 6.10 Å². The Bertz CT molecular complexity index is 990. The molecule has 4 nitrogen and oxygen atoms in total. The number of esters is 1. The molecule has 0 spiro atoms. The van der Waals surface area contributed by atoms with Crippen molar-refractivity contribution in [2.75, 3.05) is 0 Å². The molecular formula is C22H19NO3. The zero-order chi connectivity index (χ0) is 18.1. The predicted molar refractivity (Wildman–Crippen MR) is 99.9 cm³/mol. The maximum Gasteiger partial charge on any atom is 0.339 e. The largest absolute Gasteiger partial charge is 0.448 e. The molecule has 4 rings (SSSR count). The summed E-state index contributed by atoms with van der Waals surface area (Å²) >= 11 is 0. The molecule has 130 valence electrons. The molecule has 1 N–H and O–H groups in total. The highest BCUT2D eigenvalue weighted by molar-refractivity contribution is 5.96. The lowest BCUT2D eigenvalue weighted by atomic mass is 9.97. The van der Waals surface area contributed by atoms with E-state index in [0.29, 0.717) is 12.0 Å². The zero-order valence-electron chi connectivity index (χ0n) is 14.4. The Hall–Kier alpha value is -3.14. The van der Waals surface area contributed by atoms with Crippen molar-refractivity contribution in [1.29, 1.82) is 0 Å². The first kappa shape index (κ1) is 16.3. The molecule has 1 amide bonds. The van der Waals surface area contributed by atoms with Gasteiger partial charge in [-0.2, -0.15) is 0 Å². The molecule has 1 heterocycles. The predicted octanol–water partition coefficient (Wildman–Crippen LogP) is 3.80. The number of hydrogen-bond donors (Lipinski definition) is 1. The molecule has 2 atom stereocenters. The van der Waals surface area contributed by atoms with Gasteiger partial charge in [-0.3, -0.25) is 4.79 Å². The Morgan fingerprint density at radius 2 is 1.77 bits per heavy atom. The highest BCUT2D eigenvalue weighted by atomic mass is 16.5. The summed E-state index contributed by atoms with van der Waals surface area (Å²) in [4.78, 5) is 24.8. The first-order valence-electron chi connectivity index (χ1n) is 8.70. The number of ether oxygens (including phenoxy) is 1. The van der Waals surface area contributed by atoms with E-state index in [9.17, 15) is 9.59 Å². The van der Waals surface area contributed by atoms with Crippen molar-refractivity contribution in [2.24, 2.45) is 0 Å². The van der Waals surface area contributed by atoms with E-state index in [1.165, 1.54) is 0 Å². The topological polar surface area (TPSA) is 55.4 Å². The SMILES string of the molecule is CC(NC(=O)C1Cc2ccccc2C(=O)O1)c1cccc2ccccc12. The van der Waals surface area contributed by atoms with Gasteiger partial charge in [0.1, 0.15) is 0 Å². The molecule has 0 aliphatic carbocycles. The summed E-state index contributed by atoms with van der Waals surface area (Å²) in [5.41, 5.74) is 2.43. The molecular weight excluding hydrogens is 326 g/mol. The van der Waals surface area contributed by atoms with Crippen molar-refractivity contribution in [2.45, 2.75) is 25.5 Å². The number of fused-ring (bicyclic) bond motifs is 2. The monoisotopic (exact) mass is 345 g/mol. The van der Waals surface area contributed by atoms with E-state index in [1.54, 1.807) is 12.1 Å². The van der Waals surface area contributed by atoms with Crippen LogP contribution in [-0.4, -0.2) is 18.0 Å². The van der Waals surface area contributed by atoms with Crippen molar-refractivity contribution in [3.63, 3.8) is 0 Å². The molecule has 4 heteroatoms. The number of cyclic esters (lactones) is 1. The van der Waals surface area contributed by atoms with Crippen LogP contribution in [0, 0.1) is 0 Å². The van der Waals surface area contributed by atoms with Crippen molar-refractivity contribution >= 4 is 22.6 Å². The minimum atomic E-state index is -0.796. The van der Waals surface area contributed by atoms with Gasteiger partial charge in [0.05, 0.1) is 11.6 Å². The fraction of sp³-hybridized carbons (Fsp3) is 0.182. The minimum Gasteiger partial charge on any atom is -0.448 e. The van der Waals surface area contributed by atoms with Crippen LogP contribution in [0.15, 0.2) is 66.7 Å². The summed E-state index contributed by atoms with van der Waals surface area (Å²) in [5.74, 6) is -0.710. The van der Waals surface area contributed by atoms with Gasteiger partial charge in [-0.15, -0.1) is 0 Å². The highest BCUT2D eigenvalue weighted by Gasteiger charge is 2.31. The fourth-order valence-electron chi connectivity index (χ4n) is 3.49. The third kappa shape index (κ3) is 2.94. The van der Waals surface area contributed by atoms with E-state index in [2.05, 4.69) is 5.32 Å². The first-order valence-corrected chi connectivity index (χ1v) is 8.70.